The normalized spacial score (nSPS) is 14.7. The standard InChI is InChI=1S/C12H22O6S/c1-4-12(10(13)14,11(15)18-5-2)8-7-9-19(16,17)6-3/h4-9H2,1-3H3,(H,13,14). The van der Waals surface area contributed by atoms with Crippen molar-refractivity contribution in [2.75, 3.05) is 18.1 Å². The molecule has 0 aromatic heterocycles. The first-order valence-corrected chi connectivity index (χ1v) is 8.19. The summed E-state index contributed by atoms with van der Waals surface area (Å²) in [6, 6.07) is 0. The van der Waals surface area contributed by atoms with Gasteiger partial charge in [0.1, 0.15) is 9.84 Å². The van der Waals surface area contributed by atoms with Crippen molar-refractivity contribution in [2.45, 2.75) is 40.0 Å². The van der Waals surface area contributed by atoms with Gasteiger partial charge in [0.2, 0.25) is 0 Å². The quantitative estimate of drug-likeness (QED) is 0.507. The summed E-state index contributed by atoms with van der Waals surface area (Å²) in [6.45, 7) is 4.81. The zero-order chi connectivity index (χ0) is 15.1. The molecule has 0 aliphatic rings. The molecule has 0 saturated carbocycles. The van der Waals surface area contributed by atoms with Crippen molar-refractivity contribution >= 4 is 21.8 Å². The third-order valence-electron chi connectivity index (χ3n) is 3.18. The molecule has 19 heavy (non-hydrogen) atoms. The Morgan fingerprint density at radius 2 is 1.79 bits per heavy atom. The minimum Gasteiger partial charge on any atom is -0.480 e. The molecule has 0 aliphatic carbocycles. The highest BCUT2D eigenvalue weighted by Gasteiger charge is 2.45. The summed E-state index contributed by atoms with van der Waals surface area (Å²) in [7, 11) is -3.16. The van der Waals surface area contributed by atoms with Crippen LogP contribution in [0.4, 0.5) is 0 Å². The third-order valence-corrected chi connectivity index (χ3v) is 4.97. The Morgan fingerprint density at radius 3 is 2.16 bits per heavy atom. The molecule has 0 rings (SSSR count). The van der Waals surface area contributed by atoms with E-state index >= 15 is 0 Å². The lowest BCUT2D eigenvalue weighted by molar-refractivity contribution is -0.169. The molecule has 112 valence electrons. The van der Waals surface area contributed by atoms with E-state index in [-0.39, 0.29) is 37.4 Å². The Kier molecular flexibility index (Phi) is 7.04. The van der Waals surface area contributed by atoms with Crippen LogP contribution in [0.3, 0.4) is 0 Å². The fraction of sp³-hybridized carbons (Fsp3) is 0.833. The molecule has 0 bridgehead atoms. The summed E-state index contributed by atoms with van der Waals surface area (Å²) in [5, 5.41) is 9.26. The van der Waals surface area contributed by atoms with Crippen molar-refractivity contribution in [1.82, 2.24) is 0 Å². The molecule has 0 radical (unpaired) electrons. The Morgan fingerprint density at radius 1 is 1.21 bits per heavy atom. The van der Waals surface area contributed by atoms with Crippen LogP contribution in [0.2, 0.25) is 0 Å². The Labute approximate surface area is 114 Å². The van der Waals surface area contributed by atoms with Crippen molar-refractivity contribution in [1.29, 1.82) is 0 Å². The number of aliphatic carboxylic acids is 1. The zero-order valence-electron chi connectivity index (χ0n) is 11.6. The highest BCUT2D eigenvalue weighted by Crippen LogP contribution is 2.30. The number of hydrogen-bond acceptors (Lipinski definition) is 5. The molecule has 0 aromatic carbocycles. The molecule has 6 nitrogen and oxygen atoms in total. The maximum absolute atomic E-state index is 11.8. The Balaban J connectivity index is 4.88. The number of carboxylic acids is 1. The van der Waals surface area contributed by atoms with Crippen LogP contribution in [-0.2, 0) is 24.2 Å². The van der Waals surface area contributed by atoms with E-state index in [1.807, 2.05) is 0 Å². The highest BCUT2D eigenvalue weighted by atomic mass is 32.2. The number of carbonyl (C=O) groups is 2. The lowest BCUT2D eigenvalue weighted by atomic mass is 9.81. The maximum atomic E-state index is 11.8. The van der Waals surface area contributed by atoms with E-state index in [2.05, 4.69) is 0 Å². The molecule has 0 saturated heterocycles. The third kappa shape index (κ3) is 4.81. The lowest BCUT2D eigenvalue weighted by Gasteiger charge is -2.25. The molecule has 7 heteroatoms. The number of ether oxygens (including phenoxy) is 1. The number of sulfone groups is 1. The minimum absolute atomic E-state index is 0.0125. The molecule has 0 aliphatic heterocycles. The minimum atomic E-state index is -3.16. The smallest absolute Gasteiger partial charge is 0.323 e. The van der Waals surface area contributed by atoms with Crippen molar-refractivity contribution in [3.05, 3.63) is 0 Å². The van der Waals surface area contributed by atoms with Gasteiger partial charge in [-0.3, -0.25) is 9.59 Å². The van der Waals surface area contributed by atoms with E-state index in [9.17, 15) is 23.1 Å². The second-order valence-corrected chi connectivity index (χ2v) is 6.77. The van der Waals surface area contributed by atoms with Crippen molar-refractivity contribution < 1.29 is 27.9 Å². The molecule has 1 N–H and O–H groups in total. The first kappa shape index (κ1) is 17.9. The van der Waals surface area contributed by atoms with Crippen LogP contribution in [0.15, 0.2) is 0 Å². The molecular formula is C12H22O6S. The second kappa shape index (κ2) is 7.47. The molecule has 1 atom stereocenters. The summed E-state index contributed by atoms with van der Waals surface area (Å²) >= 11 is 0. The van der Waals surface area contributed by atoms with Crippen LogP contribution < -0.4 is 0 Å². The van der Waals surface area contributed by atoms with E-state index in [1.54, 1.807) is 13.8 Å². The molecule has 0 amide bonds. The summed E-state index contributed by atoms with van der Waals surface area (Å²) in [5.74, 6) is -2.16. The molecule has 0 fully saturated rings. The summed E-state index contributed by atoms with van der Waals surface area (Å²) in [5.41, 5.74) is -1.64. The van der Waals surface area contributed by atoms with Crippen LogP contribution in [0.5, 0.6) is 0 Å². The van der Waals surface area contributed by atoms with Gasteiger partial charge in [-0.25, -0.2) is 8.42 Å². The van der Waals surface area contributed by atoms with Gasteiger partial charge in [0.25, 0.3) is 0 Å². The largest absolute Gasteiger partial charge is 0.480 e. The molecule has 1 unspecified atom stereocenters. The first-order valence-electron chi connectivity index (χ1n) is 6.36. The number of carbonyl (C=O) groups excluding carboxylic acids is 1. The molecule has 0 heterocycles. The van der Waals surface area contributed by atoms with Crippen molar-refractivity contribution in [3.8, 4) is 0 Å². The first-order chi connectivity index (χ1) is 8.75. The molecular weight excluding hydrogens is 272 g/mol. The van der Waals surface area contributed by atoms with Crippen LogP contribution in [-0.4, -0.2) is 43.6 Å². The Bertz CT molecular complexity index is 414. The van der Waals surface area contributed by atoms with Gasteiger partial charge in [-0.05, 0) is 26.2 Å². The summed E-state index contributed by atoms with van der Waals surface area (Å²) in [4.78, 5) is 23.2. The average molecular weight is 294 g/mol. The molecule has 0 spiro atoms. The molecule has 0 aromatic rings. The predicted octanol–water partition coefficient (Wildman–Crippen LogP) is 1.25. The number of carboxylic acid groups (broad SMARTS) is 1. The average Bonchev–Trinajstić information content (AvgIpc) is 2.34. The van der Waals surface area contributed by atoms with Gasteiger partial charge in [0.15, 0.2) is 5.41 Å². The van der Waals surface area contributed by atoms with E-state index in [1.165, 1.54) is 6.92 Å². The summed E-state index contributed by atoms with van der Waals surface area (Å²) in [6.07, 6.45) is 0.180. The van der Waals surface area contributed by atoms with Crippen LogP contribution in [0.25, 0.3) is 0 Å². The fourth-order valence-corrected chi connectivity index (χ4v) is 2.65. The fourth-order valence-electron chi connectivity index (χ4n) is 1.78. The SMILES string of the molecule is CCOC(=O)C(CC)(CCCS(=O)(=O)CC)C(=O)O. The van der Waals surface area contributed by atoms with Gasteiger partial charge in [-0.1, -0.05) is 13.8 Å². The lowest BCUT2D eigenvalue weighted by Crippen LogP contribution is -2.40. The van der Waals surface area contributed by atoms with Crippen LogP contribution in [0.1, 0.15) is 40.0 Å². The van der Waals surface area contributed by atoms with Crippen molar-refractivity contribution in [3.63, 3.8) is 0 Å². The predicted molar refractivity (Wildman–Crippen MR) is 70.6 cm³/mol. The van der Waals surface area contributed by atoms with Crippen LogP contribution >= 0.6 is 0 Å². The number of esters is 1. The zero-order valence-corrected chi connectivity index (χ0v) is 12.5. The second-order valence-electron chi connectivity index (χ2n) is 4.30. The van der Waals surface area contributed by atoms with Crippen LogP contribution in [0, 0.1) is 5.41 Å². The van der Waals surface area contributed by atoms with Gasteiger partial charge >= 0.3 is 11.9 Å². The maximum Gasteiger partial charge on any atom is 0.323 e. The van der Waals surface area contributed by atoms with Gasteiger partial charge in [0.05, 0.1) is 12.4 Å². The topological polar surface area (TPSA) is 97.7 Å². The Hall–Kier alpha value is -1.11. The number of rotatable bonds is 9. The summed E-state index contributed by atoms with van der Waals surface area (Å²) < 4.78 is 27.5. The van der Waals surface area contributed by atoms with E-state index in [0.29, 0.717) is 0 Å². The van der Waals surface area contributed by atoms with Crippen molar-refractivity contribution in [2.24, 2.45) is 5.41 Å². The van der Waals surface area contributed by atoms with Gasteiger partial charge in [-0.2, -0.15) is 0 Å². The van der Waals surface area contributed by atoms with E-state index in [0.717, 1.165) is 0 Å². The van der Waals surface area contributed by atoms with E-state index < -0.39 is 27.2 Å². The number of hydrogen-bond donors (Lipinski definition) is 1. The monoisotopic (exact) mass is 294 g/mol. The van der Waals surface area contributed by atoms with Gasteiger partial charge < -0.3 is 9.84 Å². The van der Waals surface area contributed by atoms with E-state index in [4.69, 9.17) is 4.74 Å². The highest BCUT2D eigenvalue weighted by molar-refractivity contribution is 7.91. The van der Waals surface area contributed by atoms with Gasteiger partial charge in [-0.15, -0.1) is 0 Å². The van der Waals surface area contributed by atoms with Gasteiger partial charge in [0, 0.05) is 5.75 Å².